The number of para-hydroxylation sites is 1. The van der Waals surface area contributed by atoms with Crippen LogP contribution in [0.3, 0.4) is 0 Å². The second-order valence-electron chi connectivity index (χ2n) is 12.3. The van der Waals surface area contributed by atoms with Gasteiger partial charge in [-0.3, -0.25) is 18.9 Å². The van der Waals surface area contributed by atoms with Crippen molar-refractivity contribution in [1.82, 2.24) is 29.1 Å². The number of thioether (sulfide) groups is 1. The van der Waals surface area contributed by atoms with Crippen molar-refractivity contribution >= 4 is 45.3 Å². The highest BCUT2D eigenvalue weighted by Gasteiger charge is 2.41. The number of anilines is 1. The van der Waals surface area contributed by atoms with Crippen molar-refractivity contribution in [3.05, 3.63) is 59.2 Å². The molecule has 0 N–H and O–H groups in total. The summed E-state index contributed by atoms with van der Waals surface area (Å²) in [7, 11) is 1.69. The molecule has 2 fully saturated rings. The minimum absolute atomic E-state index is 0.00251. The number of carbonyl (C=O) groups excluding carboxylic acids is 1. The molecule has 2 aromatic heterocycles. The summed E-state index contributed by atoms with van der Waals surface area (Å²) >= 11 is 1.29. The Hall–Kier alpha value is -3.91. The average molecular weight is 656 g/mol. The molecule has 1 amide bonds. The fourth-order valence-corrected chi connectivity index (χ4v) is 8.56. The number of halogens is 4. The van der Waals surface area contributed by atoms with Gasteiger partial charge in [-0.25, -0.2) is 9.18 Å². The van der Waals surface area contributed by atoms with Crippen LogP contribution in [0.4, 0.5) is 23.4 Å². The molecule has 0 bridgehead atoms. The molecule has 0 aliphatic carbocycles. The summed E-state index contributed by atoms with van der Waals surface area (Å²) in [6.45, 7) is 7.46. The molecule has 3 atom stereocenters. The third-order valence-corrected chi connectivity index (χ3v) is 10.6. The van der Waals surface area contributed by atoms with Crippen molar-refractivity contribution in [2.24, 2.45) is 7.05 Å². The summed E-state index contributed by atoms with van der Waals surface area (Å²) in [5.41, 5.74) is -0.0650. The summed E-state index contributed by atoms with van der Waals surface area (Å²) < 4.78 is 62.7. The molecule has 3 aliphatic rings. The van der Waals surface area contributed by atoms with Crippen LogP contribution in [0, 0.1) is 0 Å². The maximum absolute atomic E-state index is 15.2. The summed E-state index contributed by atoms with van der Waals surface area (Å²) in [6, 6.07) is 5.60. The fourth-order valence-electron chi connectivity index (χ4n) is 7.24. The third kappa shape index (κ3) is 5.05. The first-order valence-electron chi connectivity index (χ1n) is 15.2. The molecule has 5 heterocycles. The van der Waals surface area contributed by atoms with E-state index in [-0.39, 0.29) is 48.4 Å². The molecule has 0 radical (unpaired) electrons. The maximum atomic E-state index is 15.2. The molecule has 46 heavy (non-hydrogen) atoms. The number of amides is 1. The molecule has 242 valence electrons. The number of hydrogen-bond acceptors (Lipinski definition) is 7. The highest BCUT2D eigenvalue weighted by Crippen LogP contribution is 2.51. The lowest BCUT2D eigenvalue weighted by molar-refractivity contribution is -0.137. The van der Waals surface area contributed by atoms with Gasteiger partial charge in [0, 0.05) is 84.9 Å². The van der Waals surface area contributed by atoms with Crippen molar-refractivity contribution in [3.8, 4) is 11.1 Å². The molecular formula is C32H33F4N7O2S. The van der Waals surface area contributed by atoms with E-state index in [9.17, 15) is 14.0 Å². The van der Waals surface area contributed by atoms with Gasteiger partial charge in [0.2, 0.25) is 5.91 Å². The number of alkyl halides is 4. The first kappa shape index (κ1) is 30.7. The number of aromatic nitrogens is 4. The zero-order valence-corrected chi connectivity index (χ0v) is 26.2. The molecule has 2 unspecified atom stereocenters. The molecule has 14 heteroatoms. The number of fused-ring (bicyclic) bond motifs is 1. The largest absolute Gasteiger partial charge is 0.417 e. The molecule has 7 rings (SSSR count). The first-order valence-corrected chi connectivity index (χ1v) is 16.2. The van der Waals surface area contributed by atoms with Gasteiger partial charge < -0.3 is 9.80 Å². The van der Waals surface area contributed by atoms with Crippen molar-refractivity contribution in [3.63, 3.8) is 0 Å². The van der Waals surface area contributed by atoms with E-state index in [1.807, 2.05) is 11.8 Å². The number of aryl methyl sites for hydroxylation is 1. The molecule has 9 nitrogen and oxygen atoms in total. The predicted molar refractivity (Wildman–Crippen MR) is 170 cm³/mol. The highest BCUT2D eigenvalue weighted by atomic mass is 32.2. The normalized spacial score (nSPS) is 22.3. The molecule has 4 aromatic rings. The molecular weight excluding hydrogens is 622 g/mol. The van der Waals surface area contributed by atoms with Gasteiger partial charge in [-0.15, -0.1) is 11.8 Å². The minimum Gasteiger partial charge on any atom is -0.352 e. The monoisotopic (exact) mass is 655 g/mol. The van der Waals surface area contributed by atoms with E-state index in [1.165, 1.54) is 22.4 Å². The zero-order valence-electron chi connectivity index (χ0n) is 25.4. The van der Waals surface area contributed by atoms with Crippen LogP contribution in [0.2, 0.25) is 0 Å². The van der Waals surface area contributed by atoms with Gasteiger partial charge >= 0.3 is 11.9 Å². The fraction of sp³-hybridized carbons (Fsp3) is 0.438. The molecule has 0 spiro atoms. The summed E-state index contributed by atoms with van der Waals surface area (Å²) in [4.78, 5) is 36.6. The van der Waals surface area contributed by atoms with Crippen LogP contribution in [-0.2, 0) is 18.0 Å². The van der Waals surface area contributed by atoms with Gasteiger partial charge in [0.15, 0.2) is 0 Å². The number of likely N-dealkylation sites (tertiary alicyclic amines) is 1. The van der Waals surface area contributed by atoms with Gasteiger partial charge in [0.05, 0.1) is 28.8 Å². The van der Waals surface area contributed by atoms with E-state index in [4.69, 9.17) is 0 Å². The van der Waals surface area contributed by atoms with Crippen LogP contribution >= 0.6 is 11.8 Å². The van der Waals surface area contributed by atoms with Crippen LogP contribution in [-0.4, -0.2) is 92.3 Å². The van der Waals surface area contributed by atoms with Crippen LogP contribution in [0.25, 0.3) is 32.9 Å². The van der Waals surface area contributed by atoms with E-state index >= 15 is 13.2 Å². The summed E-state index contributed by atoms with van der Waals surface area (Å²) in [5.74, 6) is 0.255. The maximum Gasteiger partial charge on any atom is 0.417 e. The quantitative estimate of drug-likeness (QED) is 0.224. The van der Waals surface area contributed by atoms with E-state index in [1.54, 1.807) is 45.9 Å². The van der Waals surface area contributed by atoms with Gasteiger partial charge in [-0.2, -0.15) is 23.3 Å². The third-order valence-electron chi connectivity index (χ3n) is 9.33. The highest BCUT2D eigenvalue weighted by molar-refractivity contribution is 7.99. The van der Waals surface area contributed by atoms with Gasteiger partial charge in [0.25, 0.3) is 0 Å². The Bertz CT molecular complexity index is 1940. The number of benzene rings is 2. The number of rotatable bonds is 5. The Kier molecular flexibility index (Phi) is 7.62. The minimum atomic E-state index is -4.73. The lowest BCUT2D eigenvalue weighted by atomic mass is 9.94. The van der Waals surface area contributed by atoms with Crippen molar-refractivity contribution < 1.29 is 22.4 Å². The van der Waals surface area contributed by atoms with Gasteiger partial charge in [-0.1, -0.05) is 24.8 Å². The lowest BCUT2D eigenvalue weighted by Gasteiger charge is -2.41. The second-order valence-corrected chi connectivity index (χ2v) is 13.3. The molecule has 2 saturated heterocycles. The zero-order chi connectivity index (χ0) is 32.5. The predicted octanol–water partition coefficient (Wildman–Crippen LogP) is 4.88. The number of nitrogens with zero attached hydrogens (tertiary/aromatic N) is 7. The number of carbonyl (C=O) groups is 1. The Morgan fingerprint density at radius 2 is 1.98 bits per heavy atom. The number of piperazine rings is 1. The molecule has 3 aliphatic heterocycles. The Morgan fingerprint density at radius 1 is 1.17 bits per heavy atom. The van der Waals surface area contributed by atoms with Crippen LogP contribution in [0.5, 0.6) is 0 Å². The summed E-state index contributed by atoms with van der Waals surface area (Å²) in [6.07, 6.45) is -2.42. The van der Waals surface area contributed by atoms with Crippen molar-refractivity contribution in [2.75, 3.05) is 49.9 Å². The molecule has 0 saturated carbocycles. The van der Waals surface area contributed by atoms with Gasteiger partial charge in [-0.05, 0) is 25.5 Å². The summed E-state index contributed by atoms with van der Waals surface area (Å²) in [5, 5.41) is 5.23. The molecule has 2 aromatic carbocycles. The van der Waals surface area contributed by atoms with E-state index in [2.05, 4.69) is 16.7 Å². The topological polar surface area (TPSA) is 79.5 Å². The Labute approximate surface area is 266 Å². The average Bonchev–Trinajstić information content (AvgIpc) is 3.62. The van der Waals surface area contributed by atoms with E-state index < -0.39 is 29.6 Å². The number of hydrogen-bond donors (Lipinski definition) is 0. The first-order chi connectivity index (χ1) is 22.0. The SMILES string of the molecule is C=CC(=O)N1CCN(c2nc(=O)n3c4c(c(-c5cccc6cnn(C)c56)c(C(F)(F)F)cc24)SCC3CN2CCC(F)C2)C[C@@H]1C. The lowest BCUT2D eigenvalue weighted by Crippen LogP contribution is -2.54. The van der Waals surface area contributed by atoms with Crippen molar-refractivity contribution in [2.45, 2.75) is 42.7 Å². The van der Waals surface area contributed by atoms with Crippen LogP contribution in [0.15, 0.2) is 52.8 Å². The van der Waals surface area contributed by atoms with Crippen LogP contribution in [0.1, 0.15) is 24.9 Å². The smallest absolute Gasteiger partial charge is 0.352 e. The van der Waals surface area contributed by atoms with E-state index in [0.29, 0.717) is 58.7 Å². The Morgan fingerprint density at radius 3 is 2.67 bits per heavy atom. The standard InChI is InChI=1S/C32H33F4N7O2S/c1-4-25(44)42-11-10-41(14-18(42)2)30-23-12-24(32(34,35)36)26(22-7-5-6-19-13-37-39(3)27(19)22)29-28(23)43(31(45)38-30)21(17-46-29)16-40-9-8-20(33)15-40/h4-7,12-13,18,20-21H,1,8-11,14-17H2,2-3H3/t18-,20?,21?/m0/s1. The second kappa shape index (κ2) is 11.4. The van der Waals surface area contributed by atoms with Crippen molar-refractivity contribution in [1.29, 1.82) is 0 Å². The van der Waals surface area contributed by atoms with Crippen LogP contribution < -0.4 is 10.6 Å². The Balaban J connectivity index is 1.49. The van der Waals surface area contributed by atoms with Gasteiger partial charge in [0.1, 0.15) is 12.0 Å². The van der Waals surface area contributed by atoms with E-state index in [0.717, 1.165) is 6.07 Å².